The van der Waals surface area contributed by atoms with Gasteiger partial charge in [-0.15, -0.1) is 0 Å². The summed E-state index contributed by atoms with van der Waals surface area (Å²) in [6.07, 6.45) is 0.276. The fourth-order valence-corrected chi connectivity index (χ4v) is 1.66. The molecule has 1 aromatic heterocycles. The molecule has 1 aromatic rings. The molecule has 1 unspecified atom stereocenters. The Balaban J connectivity index is 1.97. The van der Waals surface area contributed by atoms with Gasteiger partial charge in [-0.2, -0.15) is 4.98 Å². The lowest BCUT2D eigenvalue weighted by atomic mass is 10.1. The molecular formula is C10H15N5O3. The zero-order chi connectivity index (χ0) is 13.0. The normalized spacial score (nSPS) is 19.4. The summed E-state index contributed by atoms with van der Waals surface area (Å²) in [6.45, 7) is 3.61. The van der Waals surface area contributed by atoms with Crippen molar-refractivity contribution in [2.24, 2.45) is 0 Å². The predicted octanol–water partition coefficient (Wildman–Crippen LogP) is -1.55. The summed E-state index contributed by atoms with van der Waals surface area (Å²) in [5, 5.41) is 11.9. The van der Waals surface area contributed by atoms with Gasteiger partial charge in [0, 0.05) is 19.6 Å². The third kappa shape index (κ3) is 2.83. The van der Waals surface area contributed by atoms with Crippen LogP contribution in [0.15, 0.2) is 4.52 Å². The van der Waals surface area contributed by atoms with Gasteiger partial charge >= 0.3 is 0 Å². The van der Waals surface area contributed by atoms with Gasteiger partial charge in [0.05, 0.1) is 12.5 Å². The number of nitrogens with zero attached hydrogens (tertiary/aromatic N) is 2. The van der Waals surface area contributed by atoms with E-state index in [4.69, 9.17) is 4.52 Å². The maximum atomic E-state index is 11.5. The van der Waals surface area contributed by atoms with Crippen LogP contribution in [0.4, 0.5) is 0 Å². The summed E-state index contributed by atoms with van der Waals surface area (Å²) in [4.78, 5) is 26.9. The molecule has 1 aliphatic heterocycles. The monoisotopic (exact) mass is 253 g/mol. The zero-order valence-corrected chi connectivity index (χ0v) is 10.0. The average molecular weight is 253 g/mol. The predicted molar refractivity (Wildman–Crippen MR) is 60.8 cm³/mol. The molecule has 0 spiro atoms. The number of carbonyl (C=O) groups excluding carboxylic acids is 2. The standard InChI is InChI=1S/C10H15N5O3/c1-2-11-10(17)8-14-7(18-15-8)5-6-9(16)13-4-3-12-6/h6,12H,2-5H2,1H3,(H,11,17)(H,13,16). The van der Waals surface area contributed by atoms with E-state index in [-0.39, 0.29) is 36.0 Å². The minimum Gasteiger partial charge on any atom is -0.353 e. The lowest BCUT2D eigenvalue weighted by molar-refractivity contribution is -0.124. The van der Waals surface area contributed by atoms with Crippen LogP contribution < -0.4 is 16.0 Å². The summed E-state index contributed by atoms with van der Waals surface area (Å²) in [6, 6.07) is -0.388. The van der Waals surface area contributed by atoms with Crippen LogP contribution in [0.5, 0.6) is 0 Å². The molecule has 0 aromatic carbocycles. The second-order valence-corrected chi connectivity index (χ2v) is 3.87. The lowest BCUT2D eigenvalue weighted by Crippen LogP contribution is -2.53. The van der Waals surface area contributed by atoms with E-state index in [9.17, 15) is 9.59 Å². The Kier molecular flexibility index (Phi) is 3.88. The van der Waals surface area contributed by atoms with Crippen LogP contribution >= 0.6 is 0 Å². The van der Waals surface area contributed by atoms with Crippen molar-refractivity contribution in [1.82, 2.24) is 26.1 Å². The van der Waals surface area contributed by atoms with Crippen molar-refractivity contribution in [2.75, 3.05) is 19.6 Å². The number of nitrogens with one attached hydrogen (secondary N) is 3. The third-order valence-electron chi connectivity index (χ3n) is 2.52. The molecule has 0 saturated carbocycles. The van der Waals surface area contributed by atoms with E-state index in [2.05, 4.69) is 26.1 Å². The summed E-state index contributed by atoms with van der Waals surface area (Å²) in [7, 11) is 0. The Bertz CT molecular complexity index is 444. The van der Waals surface area contributed by atoms with E-state index < -0.39 is 0 Å². The van der Waals surface area contributed by atoms with Crippen LogP contribution in [0.3, 0.4) is 0 Å². The van der Waals surface area contributed by atoms with Gasteiger partial charge in [-0.1, -0.05) is 5.16 Å². The molecule has 1 aliphatic rings. The Morgan fingerprint density at radius 1 is 1.56 bits per heavy atom. The number of hydrogen-bond acceptors (Lipinski definition) is 6. The van der Waals surface area contributed by atoms with Gasteiger partial charge in [-0.05, 0) is 6.92 Å². The molecule has 8 heteroatoms. The van der Waals surface area contributed by atoms with Crippen molar-refractivity contribution < 1.29 is 14.1 Å². The summed E-state index contributed by atoms with van der Waals surface area (Å²) in [5.74, 6) is -0.221. The van der Waals surface area contributed by atoms with Crippen LogP contribution in [0.1, 0.15) is 23.4 Å². The van der Waals surface area contributed by atoms with E-state index in [1.807, 2.05) is 0 Å². The summed E-state index contributed by atoms with van der Waals surface area (Å²) >= 11 is 0. The Morgan fingerprint density at radius 2 is 2.39 bits per heavy atom. The molecule has 0 bridgehead atoms. The number of carbonyl (C=O) groups is 2. The molecule has 2 rings (SSSR count). The Hall–Kier alpha value is -1.96. The largest absolute Gasteiger partial charge is 0.353 e. The van der Waals surface area contributed by atoms with E-state index in [1.165, 1.54) is 0 Å². The lowest BCUT2D eigenvalue weighted by Gasteiger charge is -2.21. The topological polar surface area (TPSA) is 109 Å². The first kappa shape index (κ1) is 12.5. The molecule has 1 saturated heterocycles. The van der Waals surface area contributed by atoms with Crippen molar-refractivity contribution in [1.29, 1.82) is 0 Å². The van der Waals surface area contributed by atoms with Crippen LogP contribution in [-0.2, 0) is 11.2 Å². The number of amides is 2. The highest BCUT2D eigenvalue weighted by molar-refractivity contribution is 5.90. The first-order chi connectivity index (χ1) is 8.70. The van der Waals surface area contributed by atoms with E-state index in [1.54, 1.807) is 6.92 Å². The highest BCUT2D eigenvalue weighted by Crippen LogP contribution is 2.03. The highest BCUT2D eigenvalue weighted by atomic mass is 16.5. The molecule has 0 aliphatic carbocycles. The van der Waals surface area contributed by atoms with Crippen LogP contribution in [0, 0.1) is 0 Å². The fraction of sp³-hybridized carbons (Fsp3) is 0.600. The molecule has 3 N–H and O–H groups in total. The number of aromatic nitrogens is 2. The molecule has 1 atom stereocenters. The van der Waals surface area contributed by atoms with Crippen molar-refractivity contribution in [2.45, 2.75) is 19.4 Å². The minimum atomic E-state index is -0.388. The van der Waals surface area contributed by atoms with Gasteiger partial charge in [0.2, 0.25) is 11.8 Å². The maximum Gasteiger partial charge on any atom is 0.292 e. The van der Waals surface area contributed by atoms with Gasteiger partial charge < -0.3 is 20.5 Å². The van der Waals surface area contributed by atoms with Crippen molar-refractivity contribution in [3.63, 3.8) is 0 Å². The maximum absolute atomic E-state index is 11.5. The van der Waals surface area contributed by atoms with Crippen molar-refractivity contribution in [3.8, 4) is 0 Å². The number of hydrogen-bond donors (Lipinski definition) is 3. The second kappa shape index (κ2) is 5.58. The van der Waals surface area contributed by atoms with Crippen molar-refractivity contribution in [3.05, 3.63) is 11.7 Å². The quantitative estimate of drug-likeness (QED) is 0.599. The number of piperazine rings is 1. The second-order valence-electron chi connectivity index (χ2n) is 3.87. The number of rotatable bonds is 4. The first-order valence-electron chi connectivity index (χ1n) is 5.82. The molecular weight excluding hydrogens is 238 g/mol. The van der Waals surface area contributed by atoms with Crippen LogP contribution in [0.2, 0.25) is 0 Å². The Labute approximate surface area is 104 Å². The third-order valence-corrected chi connectivity index (χ3v) is 2.52. The molecule has 0 radical (unpaired) electrons. The smallest absolute Gasteiger partial charge is 0.292 e. The van der Waals surface area contributed by atoms with Gasteiger partial charge in [0.15, 0.2) is 0 Å². The molecule has 98 valence electrons. The SMILES string of the molecule is CCNC(=O)c1noc(CC2NCCNC2=O)n1. The van der Waals surface area contributed by atoms with Gasteiger partial charge in [0.1, 0.15) is 0 Å². The van der Waals surface area contributed by atoms with E-state index in [0.717, 1.165) is 0 Å². The summed E-state index contributed by atoms with van der Waals surface area (Å²) < 4.78 is 4.94. The average Bonchev–Trinajstić information content (AvgIpc) is 2.81. The van der Waals surface area contributed by atoms with Gasteiger partial charge in [0.25, 0.3) is 11.7 Å². The van der Waals surface area contributed by atoms with Crippen LogP contribution in [0.25, 0.3) is 0 Å². The molecule has 18 heavy (non-hydrogen) atoms. The molecule has 8 nitrogen and oxygen atoms in total. The highest BCUT2D eigenvalue weighted by Gasteiger charge is 2.24. The van der Waals surface area contributed by atoms with E-state index in [0.29, 0.717) is 19.6 Å². The zero-order valence-electron chi connectivity index (χ0n) is 10.0. The fourth-order valence-electron chi connectivity index (χ4n) is 1.66. The Morgan fingerprint density at radius 3 is 3.11 bits per heavy atom. The van der Waals surface area contributed by atoms with Gasteiger partial charge in [-0.25, -0.2) is 0 Å². The minimum absolute atomic E-state index is 0.0110. The van der Waals surface area contributed by atoms with Gasteiger partial charge in [-0.3, -0.25) is 9.59 Å². The van der Waals surface area contributed by atoms with Crippen LogP contribution in [-0.4, -0.2) is 47.6 Å². The first-order valence-corrected chi connectivity index (χ1v) is 5.82. The van der Waals surface area contributed by atoms with Crippen molar-refractivity contribution >= 4 is 11.8 Å². The van der Waals surface area contributed by atoms with E-state index >= 15 is 0 Å². The summed E-state index contributed by atoms with van der Waals surface area (Å²) in [5.41, 5.74) is 0. The molecule has 2 heterocycles. The molecule has 2 amide bonds. The molecule has 1 fully saturated rings.